The van der Waals surface area contributed by atoms with Gasteiger partial charge in [0.25, 0.3) is 5.91 Å². The van der Waals surface area contributed by atoms with Crippen molar-refractivity contribution in [3.63, 3.8) is 0 Å². The molecule has 0 fully saturated rings. The number of furan rings is 1. The van der Waals surface area contributed by atoms with Crippen LogP contribution in [0.15, 0.2) is 59.0 Å². The zero-order valence-corrected chi connectivity index (χ0v) is 15.1. The van der Waals surface area contributed by atoms with Crippen LogP contribution in [0.4, 0.5) is 0 Å². The molecular weight excluding hydrogens is 336 g/mol. The van der Waals surface area contributed by atoms with Crippen molar-refractivity contribution in [2.75, 3.05) is 6.54 Å². The van der Waals surface area contributed by atoms with Gasteiger partial charge in [0.05, 0.1) is 6.04 Å². The van der Waals surface area contributed by atoms with Crippen molar-refractivity contribution in [3.05, 3.63) is 70.9 Å². The van der Waals surface area contributed by atoms with Crippen LogP contribution in [-0.4, -0.2) is 12.5 Å². The third-order valence-corrected chi connectivity index (χ3v) is 4.55. The maximum Gasteiger partial charge on any atom is 0.275 e. The lowest BCUT2D eigenvalue weighted by Crippen LogP contribution is -2.87. The van der Waals surface area contributed by atoms with E-state index in [1.54, 1.807) is 0 Å². The number of hydrogen-bond donors (Lipinski definition) is 2. The minimum Gasteiger partial charge on any atom is -0.459 e. The Kier molecular flexibility index (Phi) is 5.41. The highest BCUT2D eigenvalue weighted by Crippen LogP contribution is 2.23. The number of carbonyl (C=O) groups excluding carboxylic acids is 1. The molecule has 0 aliphatic carbocycles. The van der Waals surface area contributed by atoms with Crippen LogP contribution in [0.3, 0.4) is 0 Å². The maximum atomic E-state index is 12.2. The predicted molar refractivity (Wildman–Crippen MR) is 99.4 cm³/mol. The summed E-state index contributed by atoms with van der Waals surface area (Å²) in [4.78, 5) is 12.2. The fraction of sp³-hybridized carbons (Fsp3) is 0.250. The van der Waals surface area contributed by atoms with E-state index in [4.69, 9.17) is 16.0 Å². The second kappa shape index (κ2) is 7.72. The van der Waals surface area contributed by atoms with Crippen LogP contribution in [0.2, 0.25) is 5.02 Å². The van der Waals surface area contributed by atoms with Gasteiger partial charge in [-0.05, 0) is 38.1 Å². The Morgan fingerprint density at radius 2 is 1.88 bits per heavy atom. The molecule has 0 aliphatic rings. The number of benzene rings is 2. The molecule has 0 saturated heterocycles. The Balaban J connectivity index is 1.53. The summed E-state index contributed by atoms with van der Waals surface area (Å²) in [6.45, 7) is 4.35. The van der Waals surface area contributed by atoms with E-state index >= 15 is 0 Å². The zero-order chi connectivity index (χ0) is 17.8. The van der Waals surface area contributed by atoms with E-state index < -0.39 is 0 Å². The van der Waals surface area contributed by atoms with Gasteiger partial charge in [0, 0.05) is 16.0 Å². The number of hydrogen-bond acceptors (Lipinski definition) is 2. The highest BCUT2D eigenvalue weighted by Gasteiger charge is 2.16. The normalized spacial score (nSPS) is 13.6. The molecule has 0 radical (unpaired) electrons. The molecule has 1 aromatic heterocycles. The Hall–Kier alpha value is -2.30. The number of halogens is 1. The second-order valence-corrected chi connectivity index (χ2v) is 6.69. The minimum atomic E-state index is -0.167. The third-order valence-electron chi connectivity index (χ3n) is 4.30. The van der Waals surface area contributed by atoms with Crippen LogP contribution in [0.25, 0.3) is 11.0 Å². The van der Waals surface area contributed by atoms with Gasteiger partial charge in [-0.2, -0.15) is 0 Å². The van der Waals surface area contributed by atoms with Gasteiger partial charge in [0.1, 0.15) is 17.4 Å². The number of nitrogens with two attached hydrogens (primary N) is 1. The van der Waals surface area contributed by atoms with Crippen LogP contribution >= 0.6 is 11.6 Å². The molecule has 0 spiro atoms. The van der Waals surface area contributed by atoms with Gasteiger partial charge < -0.3 is 15.1 Å². The van der Waals surface area contributed by atoms with Crippen LogP contribution < -0.4 is 10.6 Å². The summed E-state index contributed by atoms with van der Waals surface area (Å²) in [6.07, 6.45) is 0. The van der Waals surface area contributed by atoms with Gasteiger partial charge in [0.15, 0.2) is 6.54 Å². The topological polar surface area (TPSA) is 58.9 Å². The van der Waals surface area contributed by atoms with Gasteiger partial charge in [-0.25, -0.2) is 0 Å². The summed E-state index contributed by atoms with van der Waals surface area (Å²) in [5, 5.41) is 6.75. The molecular formula is C20H22ClN2O2+. The quantitative estimate of drug-likeness (QED) is 0.708. The number of quaternary nitrogens is 1. The lowest BCUT2D eigenvalue weighted by Gasteiger charge is -2.13. The van der Waals surface area contributed by atoms with Gasteiger partial charge in [-0.3, -0.25) is 4.79 Å². The third kappa shape index (κ3) is 4.41. The highest BCUT2D eigenvalue weighted by molar-refractivity contribution is 6.30. The molecule has 3 N–H and O–H groups in total. The average Bonchev–Trinajstić information content (AvgIpc) is 3.04. The number of carbonyl (C=O) groups is 1. The summed E-state index contributed by atoms with van der Waals surface area (Å²) in [7, 11) is 0. The molecule has 5 heteroatoms. The van der Waals surface area contributed by atoms with E-state index in [0.717, 1.165) is 22.3 Å². The number of fused-ring (bicyclic) bond motifs is 1. The summed E-state index contributed by atoms with van der Waals surface area (Å²) in [5.74, 6) is 0.745. The lowest BCUT2D eigenvalue weighted by molar-refractivity contribution is -0.682. The van der Waals surface area contributed by atoms with Crippen molar-refractivity contribution in [1.82, 2.24) is 5.32 Å². The number of nitrogens with one attached hydrogen (secondary N) is 1. The molecule has 0 saturated carbocycles. The van der Waals surface area contributed by atoms with E-state index in [1.807, 2.05) is 66.8 Å². The first-order valence-electron chi connectivity index (χ1n) is 8.39. The van der Waals surface area contributed by atoms with E-state index in [1.165, 1.54) is 0 Å². The molecule has 4 nitrogen and oxygen atoms in total. The van der Waals surface area contributed by atoms with Gasteiger partial charge >= 0.3 is 0 Å². The molecule has 0 unspecified atom stereocenters. The molecule has 2 atom stereocenters. The van der Waals surface area contributed by atoms with Crippen LogP contribution in [0.5, 0.6) is 0 Å². The fourth-order valence-electron chi connectivity index (χ4n) is 2.77. The van der Waals surface area contributed by atoms with Crippen LogP contribution in [0.1, 0.15) is 37.3 Å². The SMILES string of the molecule is C[C@H]([NH2+]CC(=O)N[C@H](C)c1cc2ccccc2o1)c1ccc(Cl)cc1. The molecule has 130 valence electrons. The van der Waals surface area contributed by atoms with Crippen LogP contribution in [-0.2, 0) is 4.79 Å². The van der Waals surface area contributed by atoms with E-state index in [9.17, 15) is 4.79 Å². The Morgan fingerprint density at radius 3 is 2.60 bits per heavy atom. The second-order valence-electron chi connectivity index (χ2n) is 6.26. The molecule has 3 aromatic rings. The molecule has 1 heterocycles. The zero-order valence-electron chi connectivity index (χ0n) is 14.3. The number of rotatable bonds is 6. The fourth-order valence-corrected chi connectivity index (χ4v) is 2.90. The Labute approximate surface area is 152 Å². The summed E-state index contributed by atoms with van der Waals surface area (Å²) >= 11 is 5.91. The first-order chi connectivity index (χ1) is 12.0. The van der Waals surface area contributed by atoms with Crippen LogP contribution in [0, 0.1) is 0 Å². The van der Waals surface area contributed by atoms with Crippen molar-refractivity contribution >= 4 is 28.5 Å². The summed E-state index contributed by atoms with van der Waals surface area (Å²) < 4.78 is 5.80. The summed E-state index contributed by atoms with van der Waals surface area (Å²) in [5.41, 5.74) is 1.98. The lowest BCUT2D eigenvalue weighted by atomic mass is 10.1. The molecule has 3 rings (SSSR count). The van der Waals surface area contributed by atoms with Gasteiger partial charge in [0.2, 0.25) is 0 Å². The molecule has 1 amide bonds. The van der Waals surface area contributed by atoms with E-state index in [2.05, 4.69) is 12.2 Å². The van der Waals surface area contributed by atoms with Crippen molar-refractivity contribution in [1.29, 1.82) is 0 Å². The molecule has 25 heavy (non-hydrogen) atoms. The Bertz CT molecular complexity index is 825. The number of amides is 1. The minimum absolute atomic E-state index is 0.0197. The van der Waals surface area contributed by atoms with E-state index in [-0.39, 0.29) is 18.0 Å². The average molecular weight is 358 g/mol. The van der Waals surface area contributed by atoms with Gasteiger partial charge in [-0.1, -0.05) is 41.9 Å². The molecule has 0 bridgehead atoms. The predicted octanol–water partition coefficient (Wildman–Crippen LogP) is 3.59. The van der Waals surface area contributed by atoms with Crippen molar-refractivity contribution < 1.29 is 14.5 Å². The Morgan fingerprint density at radius 1 is 1.16 bits per heavy atom. The summed E-state index contributed by atoms with van der Waals surface area (Å²) in [6, 6.07) is 17.5. The first-order valence-corrected chi connectivity index (χ1v) is 8.77. The van der Waals surface area contributed by atoms with E-state index in [0.29, 0.717) is 11.6 Å². The van der Waals surface area contributed by atoms with Crippen molar-refractivity contribution in [2.45, 2.75) is 25.9 Å². The van der Waals surface area contributed by atoms with Gasteiger partial charge in [-0.15, -0.1) is 0 Å². The highest BCUT2D eigenvalue weighted by atomic mass is 35.5. The van der Waals surface area contributed by atoms with Crippen molar-refractivity contribution in [3.8, 4) is 0 Å². The van der Waals surface area contributed by atoms with Crippen molar-refractivity contribution in [2.24, 2.45) is 0 Å². The first kappa shape index (κ1) is 17.5. The monoisotopic (exact) mass is 357 g/mol. The number of para-hydroxylation sites is 1. The standard InChI is InChI=1S/C20H21ClN2O2/c1-13(15-7-9-17(21)10-8-15)22-12-20(24)23-14(2)19-11-16-5-3-4-6-18(16)25-19/h3-11,13-14,22H,12H2,1-2H3,(H,23,24)/p+1/t13-,14+/m0/s1. The molecule has 2 aromatic carbocycles. The smallest absolute Gasteiger partial charge is 0.275 e. The maximum absolute atomic E-state index is 12.2. The largest absolute Gasteiger partial charge is 0.459 e. The molecule has 0 aliphatic heterocycles.